The lowest BCUT2D eigenvalue weighted by atomic mass is 10.0. The summed E-state index contributed by atoms with van der Waals surface area (Å²) in [5.74, 6) is -2.24. The molecule has 0 fully saturated rings. The van der Waals surface area contributed by atoms with Crippen LogP contribution in [0.4, 0.5) is 9.18 Å². The van der Waals surface area contributed by atoms with Crippen LogP contribution in [-0.4, -0.2) is 33.3 Å². The predicted molar refractivity (Wildman–Crippen MR) is 80.3 cm³/mol. The topological polar surface area (TPSA) is 109 Å². The van der Waals surface area contributed by atoms with Crippen molar-refractivity contribution in [3.05, 3.63) is 65.7 Å². The number of nitrogens with one attached hydrogen (secondary N) is 1. The maximum atomic E-state index is 12.8. The van der Waals surface area contributed by atoms with Crippen LogP contribution in [0.2, 0.25) is 0 Å². The van der Waals surface area contributed by atoms with Crippen LogP contribution in [0.5, 0.6) is 0 Å². The van der Waals surface area contributed by atoms with Crippen molar-refractivity contribution < 1.29 is 28.9 Å². The van der Waals surface area contributed by atoms with Gasteiger partial charge in [0.05, 0.1) is 0 Å². The number of nitrogens with zero attached hydrogens (tertiary/aromatic N) is 1. The Labute approximate surface area is 136 Å². The molecule has 0 bridgehead atoms. The number of aliphatic hydroxyl groups excluding tert-OH is 1. The minimum absolute atomic E-state index is 0.0483. The lowest BCUT2D eigenvalue weighted by Gasteiger charge is -2.20. The van der Waals surface area contributed by atoms with Gasteiger partial charge in [0, 0.05) is 11.8 Å². The van der Waals surface area contributed by atoms with Gasteiger partial charge < -0.3 is 20.3 Å². The van der Waals surface area contributed by atoms with Crippen molar-refractivity contribution >= 4 is 12.1 Å². The number of carboxylic acid groups (broad SMARTS) is 1. The van der Waals surface area contributed by atoms with Crippen LogP contribution in [0, 0.1) is 5.95 Å². The molecule has 2 aromatic rings. The smallest absolute Gasteiger partial charge is 0.408 e. The highest BCUT2D eigenvalue weighted by Gasteiger charge is 2.30. The maximum absolute atomic E-state index is 12.8. The number of ether oxygens (including phenoxy) is 1. The molecule has 0 unspecified atom stereocenters. The van der Waals surface area contributed by atoms with Gasteiger partial charge in [0.1, 0.15) is 12.7 Å². The number of pyridine rings is 1. The summed E-state index contributed by atoms with van der Waals surface area (Å²) in [6.45, 7) is -0.0484. The first-order chi connectivity index (χ1) is 11.5. The molecule has 1 heterocycles. The van der Waals surface area contributed by atoms with Crippen LogP contribution in [-0.2, 0) is 16.1 Å². The summed E-state index contributed by atoms with van der Waals surface area (Å²) in [5.41, 5.74) is 0.773. The number of alkyl carbamates (subject to hydrolysis) is 1. The van der Waals surface area contributed by atoms with Gasteiger partial charge in [0.15, 0.2) is 6.04 Å². The number of carboxylic acids is 1. The van der Waals surface area contributed by atoms with Gasteiger partial charge in [-0.25, -0.2) is 14.6 Å². The Morgan fingerprint density at radius 3 is 2.50 bits per heavy atom. The second-order valence-corrected chi connectivity index (χ2v) is 4.88. The van der Waals surface area contributed by atoms with Crippen molar-refractivity contribution in [2.45, 2.75) is 18.8 Å². The van der Waals surface area contributed by atoms with Crippen molar-refractivity contribution in [2.24, 2.45) is 0 Å². The number of benzene rings is 1. The minimum Gasteiger partial charge on any atom is -0.480 e. The van der Waals surface area contributed by atoms with Gasteiger partial charge in [0.2, 0.25) is 5.95 Å². The van der Waals surface area contributed by atoms with Crippen LogP contribution in [0.15, 0.2) is 48.7 Å². The quantitative estimate of drug-likeness (QED) is 0.693. The standard InChI is InChI=1S/C16H15FN2O5/c17-12-7-6-11(8-18-12)14(20)13(15(21)22)19-16(23)24-9-10-4-2-1-3-5-10/h1-8,13-14,20H,9H2,(H,19,23)(H,21,22)/t13-,14+/m1/s1. The second kappa shape index (κ2) is 8.02. The molecule has 2 atom stereocenters. The normalized spacial score (nSPS) is 12.9. The molecule has 0 spiro atoms. The van der Waals surface area contributed by atoms with Gasteiger partial charge in [-0.05, 0) is 11.6 Å². The summed E-state index contributed by atoms with van der Waals surface area (Å²) in [7, 11) is 0. The number of hydrogen-bond donors (Lipinski definition) is 3. The van der Waals surface area contributed by atoms with Gasteiger partial charge in [-0.2, -0.15) is 4.39 Å². The van der Waals surface area contributed by atoms with E-state index in [9.17, 15) is 19.1 Å². The molecular formula is C16H15FN2O5. The molecule has 1 amide bonds. The minimum atomic E-state index is -1.67. The third-order valence-corrected chi connectivity index (χ3v) is 3.16. The number of carbonyl (C=O) groups excluding carboxylic acids is 1. The third-order valence-electron chi connectivity index (χ3n) is 3.16. The fourth-order valence-corrected chi connectivity index (χ4v) is 1.92. The number of aliphatic carboxylic acids is 1. The zero-order valence-electron chi connectivity index (χ0n) is 12.4. The van der Waals surface area contributed by atoms with Crippen LogP contribution in [0.1, 0.15) is 17.2 Å². The van der Waals surface area contributed by atoms with Gasteiger partial charge in [-0.1, -0.05) is 36.4 Å². The van der Waals surface area contributed by atoms with Gasteiger partial charge in [0.25, 0.3) is 0 Å². The molecule has 3 N–H and O–H groups in total. The van der Waals surface area contributed by atoms with E-state index < -0.39 is 30.2 Å². The van der Waals surface area contributed by atoms with Gasteiger partial charge >= 0.3 is 12.1 Å². The molecule has 1 aromatic heterocycles. The Hall–Kier alpha value is -3.00. The summed E-state index contributed by atoms with van der Waals surface area (Å²) < 4.78 is 17.7. The highest BCUT2D eigenvalue weighted by molar-refractivity contribution is 5.80. The molecule has 1 aromatic carbocycles. The molecule has 0 radical (unpaired) electrons. The molecule has 0 aliphatic carbocycles. The number of hydrogen-bond acceptors (Lipinski definition) is 5. The average Bonchev–Trinajstić information content (AvgIpc) is 2.58. The third kappa shape index (κ3) is 4.75. The average molecular weight is 334 g/mol. The molecule has 0 aliphatic rings. The lowest BCUT2D eigenvalue weighted by Crippen LogP contribution is -2.45. The molecule has 7 nitrogen and oxygen atoms in total. The number of carbonyl (C=O) groups is 2. The molecule has 24 heavy (non-hydrogen) atoms. The zero-order chi connectivity index (χ0) is 17.5. The van der Waals surface area contributed by atoms with E-state index in [0.29, 0.717) is 0 Å². The van der Waals surface area contributed by atoms with Crippen LogP contribution < -0.4 is 5.32 Å². The molecule has 2 rings (SSSR count). The Bertz CT molecular complexity index is 693. The number of amides is 1. The fourth-order valence-electron chi connectivity index (χ4n) is 1.92. The SMILES string of the molecule is O=C(N[C@@H](C(=O)O)[C@@H](O)c1ccc(F)nc1)OCc1ccccc1. The van der Waals surface area contributed by atoms with E-state index in [1.165, 1.54) is 6.07 Å². The zero-order valence-corrected chi connectivity index (χ0v) is 12.4. The van der Waals surface area contributed by atoms with E-state index in [4.69, 9.17) is 9.84 Å². The van der Waals surface area contributed by atoms with Crippen LogP contribution in [0.3, 0.4) is 0 Å². The summed E-state index contributed by atoms with van der Waals surface area (Å²) in [6.07, 6.45) is -1.62. The molecule has 0 saturated carbocycles. The Kier molecular flexibility index (Phi) is 5.80. The highest BCUT2D eigenvalue weighted by atomic mass is 19.1. The Balaban J connectivity index is 1.98. The monoisotopic (exact) mass is 334 g/mol. The van der Waals surface area contributed by atoms with E-state index in [1.807, 2.05) is 0 Å². The molecular weight excluding hydrogens is 319 g/mol. The fraction of sp³-hybridized carbons (Fsp3) is 0.188. The van der Waals surface area contributed by atoms with E-state index in [1.54, 1.807) is 30.3 Å². The highest BCUT2D eigenvalue weighted by Crippen LogP contribution is 2.16. The van der Waals surface area contributed by atoms with Crippen molar-refractivity contribution in [3.8, 4) is 0 Å². The first-order valence-electron chi connectivity index (χ1n) is 6.97. The molecule has 0 saturated heterocycles. The number of rotatable bonds is 6. The molecule has 0 aliphatic heterocycles. The lowest BCUT2D eigenvalue weighted by molar-refractivity contribution is -0.142. The number of halogens is 1. The summed E-state index contributed by atoms with van der Waals surface area (Å²) in [6, 6.07) is 9.30. The maximum Gasteiger partial charge on any atom is 0.408 e. The van der Waals surface area contributed by atoms with E-state index in [-0.39, 0.29) is 12.2 Å². The van der Waals surface area contributed by atoms with Crippen molar-refractivity contribution in [3.63, 3.8) is 0 Å². The van der Waals surface area contributed by atoms with Crippen molar-refractivity contribution in [1.29, 1.82) is 0 Å². The van der Waals surface area contributed by atoms with Crippen molar-refractivity contribution in [1.82, 2.24) is 10.3 Å². The molecule has 8 heteroatoms. The number of aromatic nitrogens is 1. The van der Waals surface area contributed by atoms with Crippen LogP contribution >= 0.6 is 0 Å². The molecule has 126 valence electrons. The summed E-state index contributed by atoms with van der Waals surface area (Å²) >= 11 is 0. The van der Waals surface area contributed by atoms with E-state index in [2.05, 4.69) is 10.3 Å². The second-order valence-electron chi connectivity index (χ2n) is 4.88. The summed E-state index contributed by atoms with van der Waals surface area (Å²) in [4.78, 5) is 26.3. The van der Waals surface area contributed by atoms with E-state index >= 15 is 0 Å². The largest absolute Gasteiger partial charge is 0.480 e. The van der Waals surface area contributed by atoms with Crippen LogP contribution in [0.25, 0.3) is 0 Å². The van der Waals surface area contributed by atoms with Gasteiger partial charge in [-0.3, -0.25) is 0 Å². The first-order valence-corrected chi connectivity index (χ1v) is 6.97. The summed E-state index contributed by atoms with van der Waals surface area (Å²) in [5, 5.41) is 21.3. The van der Waals surface area contributed by atoms with Crippen molar-refractivity contribution in [2.75, 3.05) is 0 Å². The predicted octanol–water partition coefficient (Wildman–Crippen LogP) is 1.63. The number of aliphatic hydroxyl groups is 1. The van der Waals surface area contributed by atoms with E-state index in [0.717, 1.165) is 17.8 Å². The Morgan fingerprint density at radius 2 is 1.92 bits per heavy atom. The Morgan fingerprint density at radius 1 is 1.21 bits per heavy atom. The first kappa shape index (κ1) is 17.4. The van der Waals surface area contributed by atoms with Gasteiger partial charge in [-0.15, -0.1) is 0 Å².